The highest BCUT2D eigenvalue weighted by Crippen LogP contribution is 2.23. The molecule has 2 aromatic rings. The van der Waals surface area contributed by atoms with E-state index >= 15 is 0 Å². The number of carbonyl (C=O) groups excluding carboxylic acids is 1. The molecule has 0 fully saturated rings. The highest BCUT2D eigenvalue weighted by Gasteiger charge is 2.17. The van der Waals surface area contributed by atoms with E-state index in [4.69, 9.17) is 17.3 Å². The second-order valence-corrected chi connectivity index (χ2v) is 4.52. The molecule has 1 atom stereocenters. The molecule has 0 saturated heterocycles. The number of rotatable bonds is 4. The monoisotopic (exact) mass is 276 g/mol. The first-order chi connectivity index (χ1) is 9.06. The summed E-state index contributed by atoms with van der Waals surface area (Å²) in [6.45, 7) is 0. The minimum atomic E-state index is -0.681. The van der Waals surface area contributed by atoms with Crippen molar-refractivity contribution in [1.82, 2.24) is 0 Å². The van der Waals surface area contributed by atoms with E-state index in [9.17, 15) is 9.90 Å². The van der Waals surface area contributed by atoms with Gasteiger partial charge in [-0.25, -0.2) is 0 Å². The average molecular weight is 277 g/mol. The van der Waals surface area contributed by atoms with E-state index in [2.05, 4.69) is 5.32 Å². The number of anilines is 1. The quantitative estimate of drug-likeness (QED) is 0.804. The van der Waals surface area contributed by atoms with Crippen LogP contribution in [0.25, 0.3) is 0 Å². The van der Waals surface area contributed by atoms with E-state index in [-0.39, 0.29) is 5.75 Å². The normalized spacial score (nSPS) is 11.8. The summed E-state index contributed by atoms with van der Waals surface area (Å²) in [5.41, 5.74) is 6.77. The Bertz CT molecular complexity index is 584. The molecule has 98 valence electrons. The summed E-state index contributed by atoms with van der Waals surface area (Å²) in [6.07, 6.45) is 0. The van der Waals surface area contributed by atoms with Gasteiger partial charge in [-0.15, -0.1) is 0 Å². The van der Waals surface area contributed by atoms with E-state index in [1.54, 1.807) is 36.4 Å². The molecule has 0 aromatic heterocycles. The molecule has 0 aliphatic heterocycles. The summed E-state index contributed by atoms with van der Waals surface area (Å²) < 4.78 is 0. The van der Waals surface area contributed by atoms with Crippen molar-refractivity contribution in [1.29, 1.82) is 0 Å². The van der Waals surface area contributed by atoms with Crippen molar-refractivity contribution in [2.75, 3.05) is 5.32 Å². The minimum Gasteiger partial charge on any atom is -0.508 e. The van der Waals surface area contributed by atoms with E-state index in [1.807, 2.05) is 0 Å². The summed E-state index contributed by atoms with van der Waals surface area (Å²) in [5.74, 6) is -0.375. The van der Waals surface area contributed by atoms with E-state index in [0.717, 1.165) is 0 Å². The first kappa shape index (κ1) is 13.2. The van der Waals surface area contributed by atoms with Crippen molar-refractivity contribution in [2.45, 2.75) is 6.04 Å². The Morgan fingerprint density at radius 2 is 1.89 bits per heavy atom. The molecule has 0 bridgehead atoms. The summed E-state index contributed by atoms with van der Waals surface area (Å²) >= 11 is 5.89. The smallest absolute Gasteiger partial charge is 0.244 e. The van der Waals surface area contributed by atoms with Gasteiger partial charge in [0.05, 0.1) is 0 Å². The van der Waals surface area contributed by atoms with Crippen LogP contribution < -0.4 is 11.1 Å². The molecular formula is C14H13ClN2O2. The number of nitrogens with two attached hydrogens (primary N) is 1. The van der Waals surface area contributed by atoms with Crippen molar-refractivity contribution >= 4 is 23.2 Å². The van der Waals surface area contributed by atoms with E-state index < -0.39 is 11.9 Å². The number of nitrogens with one attached hydrogen (secondary N) is 1. The number of halogens is 1. The standard InChI is InChI=1S/C14H13ClN2O2/c15-10-2-1-3-11(8-10)17-13(14(16)19)9-4-6-12(18)7-5-9/h1-8,13,17-18H,(H2,16,19). The van der Waals surface area contributed by atoms with E-state index in [0.29, 0.717) is 16.3 Å². The molecule has 0 aliphatic rings. The summed E-state index contributed by atoms with van der Waals surface area (Å²) in [4.78, 5) is 11.5. The molecule has 0 radical (unpaired) electrons. The zero-order valence-electron chi connectivity index (χ0n) is 10.0. The first-order valence-corrected chi connectivity index (χ1v) is 6.04. The van der Waals surface area contributed by atoms with Crippen molar-refractivity contribution < 1.29 is 9.90 Å². The van der Waals surface area contributed by atoms with Gasteiger partial charge >= 0.3 is 0 Å². The van der Waals surface area contributed by atoms with Crippen LogP contribution in [0.2, 0.25) is 5.02 Å². The molecule has 0 spiro atoms. The third kappa shape index (κ3) is 3.39. The molecule has 1 unspecified atom stereocenters. The third-order valence-electron chi connectivity index (χ3n) is 2.65. The Morgan fingerprint density at radius 1 is 1.21 bits per heavy atom. The van der Waals surface area contributed by atoms with Crippen LogP contribution in [0, 0.1) is 0 Å². The van der Waals surface area contributed by atoms with Crippen LogP contribution in [-0.2, 0) is 4.79 Å². The SMILES string of the molecule is NC(=O)C(Nc1cccc(Cl)c1)c1ccc(O)cc1. The van der Waals surface area contributed by atoms with Gasteiger partial charge in [0.25, 0.3) is 0 Å². The number of hydrogen-bond acceptors (Lipinski definition) is 3. The number of phenolic OH excluding ortho intramolecular Hbond substituents is 1. The van der Waals surface area contributed by atoms with Crippen LogP contribution >= 0.6 is 11.6 Å². The maximum atomic E-state index is 11.5. The van der Waals surface area contributed by atoms with Gasteiger partial charge in [-0.1, -0.05) is 29.8 Å². The number of primary amides is 1. The Balaban J connectivity index is 2.26. The Hall–Kier alpha value is -2.20. The van der Waals surface area contributed by atoms with Crippen molar-refractivity contribution in [3.05, 3.63) is 59.1 Å². The highest BCUT2D eigenvalue weighted by molar-refractivity contribution is 6.30. The lowest BCUT2D eigenvalue weighted by atomic mass is 10.1. The lowest BCUT2D eigenvalue weighted by Gasteiger charge is -2.17. The lowest BCUT2D eigenvalue weighted by Crippen LogP contribution is -2.27. The maximum absolute atomic E-state index is 11.5. The van der Waals surface area contributed by atoms with Gasteiger partial charge in [0.15, 0.2) is 0 Å². The second-order valence-electron chi connectivity index (χ2n) is 4.08. The van der Waals surface area contributed by atoms with Gasteiger partial charge in [0.1, 0.15) is 11.8 Å². The number of aromatic hydroxyl groups is 1. The molecule has 0 saturated carbocycles. The summed E-state index contributed by atoms with van der Waals surface area (Å²) in [6, 6.07) is 12.6. The van der Waals surface area contributed by atoms with E-state index in [1.165, 1.54) is 12.1 Å². The fraction of sp³-hybridized carbons (Fsp3) is 0.0714. The zero-order valence-corrected chi connectivity index (χ0v) is 10.8. The third-order valence-corrected chi connectivity index (χ3v) is 2.88. The molecule has 1 amide bonds. The molecule has 0 heterocycles. The van der Waals surface area contributed by atoms with Crippen LogP contribution in [-0.4, -0.2) is 11.0 Å². The Labute approximate surface area is 115 Å². The van der Waals surface area contributed by atoms with Crippen molar-refractivity contribution in [3.63, 3.8) is 0 Å². The molecule has 0 aliphatic carbocycles. The fourth-order valence-electron chi connectivity index (χ4n) is 1.73. The predicted octanol–water partition coefficient (Wildman–Crippen LogP) is 2.68. The van der Waals surface area contributed by atoms with Crippen LogP contribution in [0.15, 0.2) is 48.5 Å². The van der Waals surface area contributed by atoms with Gasteiger partial charge in [-0.05, 0) is 35.9 Å². The van der Waals surface area contributed by atoms with Gasteiger partial charge in [-0.3, -0.25) is 4.79 Å². The van der Waals surface area contributed by atoms with Crippen LogP contribution in [0.4, 0.5) is 5.69 Å². The number of hydrogen-bond donors (Lipinski definition) is 3. The van der Waals surface area contributed by atoms with Crippen molar-refractivity contribution in [2.24, 2.45) is 5.73 Å². The molecule has 2 rings (SSSR count). The Morgan fingerprint density at radius 3 is 2.47 bits per heavy atom. The Kier molecular flexibility index (Phi) is 3.92. The highest BCUT2D eigenvalue weighted by atomic mass is 35.5. The van der Waals surface area contributed by atoms with Gasteiger partial charge in [0.2, 0.25) is 5.91 Å². The molecule has 4 nitrogen and oxygen atoms in total. The maximum Gasteiger partial charge on any atom is 0.244 e. The molecule has 5 heteroatoms. The number of phenols is 1. The van der Waals surface area contributed by atoms with Crippen LogP contribution in [0.1, 0.15) is 11.6 Å². The van der Waals surface area contributed by atoms with Gasteiger partial charge < -0.3 is 16.2 Å². The molecule has 19 heavy (non-hydrogen) atoms. The summed E-state index contributed by atoms with van der Waals surface area (Å²) in [5, 5.41) is 12.8. The first-order valence-electron chi connectivity index (χ1n) is 5.66. The van der Waals surface area contributed by atoms with Crippen LogP contribution in [0.3, 0.4) is 0 Å². The topological polar surface area (TPSA) is 75.4 Å². The molecular weight excluding hydrogens is 264 g/mol. The van der Waals surface area contributed by atoms with Gasteiger partial charge in [0, 0.05) is 10.7 Å². The summed E-state index contributed by atoms with van der Waals surface area (Å²) in [7, 11) is 0. The molecule has 4 N–H and O–H groups in total. The lowest BCUT2D eigenvalue weighted by molar-refractivity contribution is -0.118. The largest absolute Gasteiger partial charge is 0.508 e. The number of benzene rings is 2. The van der Waals surface area contributed by atoms with Crippen LogP contribution in [0.5, 0.6) is 5.75 Å². The number of carbonyl (C=O) groups is 1. The van der Waals surface area contributed by atoms with Crippen molar-refractivity contribution in [3.8, 4) is 5.75 Å². The fourth-order valence-corrected chi connectivity index (χ4v) is 1.92. The predicted molar refractivity (Wildman–Crippen MR) is 75.1 cm³/mol. The zero-order chi connectivity index (χ0) is 13.8. The second kappa shape index (κ2) is 5.63. The average Bonchev–Trinajstić information content (AvgIpc) is 2.37. The minimum absolute atomic E-state index is 0.134. The van der Waals surface area contributed by atoms with Gasteiger partial charge in [-0.2, -0.15) is 0 Å². The number of amides is 1. The molecule has 2 aromatic carbocycles.